The van der Waals surface area contributed by atoms with E-state index in [1.807, 2.05) is 37.3 Å². The number of nitrogens with zero attached hydrogens (tertiary/aromatic N) is 2. The average Bonchev–Trinajstić information content (AvgIpc) is 2.81. The van der Waals surface area contributed by atoms with Gasteiger partial charge in [0.05, 0.1) is 38.3 Å². The first-order valence-electron chi connectivity index (χ1n) is 10.9. The van der Waals surface area contributed by atoms with Crippen molar-refractivity contribution in [2.75, 3.05) is 40.0 Å². The lowest BCUT2D eigenvalue weighted by Crippen LogP contribution is -3.14. The molecule has 0 bridgehead atoms. The zero-order chi connectivity index (χ0) is 22.7. The van der Waals surface area contributed by atoms with Gasteiger partial charge >= 0.3 is 0 Å². The summed E-state index contributed by atoms with van der Waals surface area (Å²) in [4.78, 5) is 15.2. The molecule has 0 unspecified atom stereocenters. The molecular formula is C24H29N4O4+. The van der Waals surface area contributed by atoms with E-state index >= 15 is 0 Å². The number of pyridine rings is 1. The van der Waals surface area contributed by atoms with Crippen molar-refractivity contribution < 1.29 is 19.1 Å². The molecule has 168 valence electrons. The van der Waals surface area contributed by atoms with E-state index in [2.05, 4.69) is 6.07 Å². The molecule has 1 aromatic carbocycles. The summed E-state index contributed by atoms with van der Waals surface area (Å²) >= 11 is 0. The second-order valence-electron chi connectivity index (χ2n) is 8.19. The standard InChI is InChI=1S/C24H28N4O4/c1-16-13-20-22(24(29)28(16)8-4-7-27-9-11-31-12-10-27)21(19(15-25)23(26)32-20)17-5-3-6-18(14-17)30-2/h3,5-6,13-14,21H,4,7-12,26H2,1-2H3/p+1/t21-/m0/s1. The number of methoxy groups -OCH3 is 1. The van der Waals surface area contributed by atoms with Gasteiger partial charge in [-0.25, -0.2) is 0 Å². The van der Waals surface area contributed by atoms with Crippen molar-refractivity contribution in [1.82, 2.24) is 4.57 Å². The maximum absolute atomic E-state index is 13.7. The van der Waals surface area contributed by atoms with Crippen LogP contribution in [0, 0.1) is 18.3 Å². The fraction of sp³-hybridized carbons (Fsp3) is 0.417. The summed E-state index contributed by atoms with van der Waals surface area (Å²) in [6, 6.07) is 11.4. The number of nitriles is 1. The molecule has 4 rings (SSSR count). The average molecular weight is 438 g/mol. The van der Waals surface area contributed by atoms with E-state index in [1.54, 1.807) is 11.7 Å². The molecule has 0 radical (unpaired) electrons. The number of benzene rings is 1. The minimum Gasteiger partial charge on any atom is -0.497 e. The van der Waals surface area contributed by atoms with Crippen molar-refractivity contribution in [3.05, 3.63) is 69.0 Å². The van der Waals surface area contributed by atoms with Gasteiger partial charge in [0, 0.05) is 24.7 Å². The zero-order valence-electron chi connectivity index (χ0n) is 18.5. The molecule has 3 N–H and O–H groups in total. The van der Waals surface area contributed by atoms with Gasteiger partial charge in [0.25, 0.3) is 5.56 Å². The minimum atomic E-state index is -0.608. The number of nitrogens with one attached hydrogen (secondary N) is 1. The topological polar surface area (TPSA) is 104 Å². The Bertz CT molecular complexity index is 1130. The summed E-state index contributed by atoms with van der Waals surface area (Å²) in [5.41, 5.74) is 8.18. The quantitative estimate of drug-likeness (QED) is 0.689. The summed E-state index contributed by atoms with van der Waals surface area (Å²) in [5.74, 6) is 0.475. The number of hydrogen-bond donors (Lipinski definition) is 2. The molecule has 1 atom stereocenters. The smallest absolute Gasteiger partial charge is 0.258 e. The van der Waals surface area contributed by atoms with Gasteiger partial charge in [0.2, 0.25) is 5.88 Å². The number of quaternary nitrogens is 1. The van der Waals surface area contributed by atoms with Crippen LogP contribution in [0.3, 0.4) is 0 Å². The molecule has 32 heavy (non-hydrogen) atoms. The number of morpholine rings is 1. The van der Waals surface area contributed by atoms with Gasteiger partial charge in [-0.2, -0.15) is 5.26 Å². The maximum Gasteiger partial charge on any atom is 0.258 e. The molecule has 2 aromatic rings. The van der Waals surface area contributed by atoms with Crippen LogP contribution >= 0.6 is 0 Å². The highest BCUT2D eigenvalue weighted by atomic mass is 16.5. The van der Waals surface area contributed by atoms with E-state index in [-0.39, 0.29) is 17.0 Å². The monoisotopic (exact) mass is 437 g/mol. The molecule has 1 aromatic heterocycles. The van der Waals surface area contributed by atoms with E-state index < -0.39 is 5.92 Å². The van der Waals surface area contributed by atoms with Crippen LogP contribution in [-0.2, 0) is 11.3 Å². The van der Waals surface area contributed by atoms with Gasteiger partial charge in [0.15, 0.2) is 0 Å². The first-order chi connectivity index (χ1) is 15.5. The Labute approximate surface area is 187 Å². The first kappa shape index (κ1) is 21.9. The highest BCUT2D eigenvalue weighted by molar-refractivity contribution is 5.56. The predicted molar refractivity (Wildman–Crippen MR) is 119 cm³/mol. The molecule has 2 aliphatic heterocycles. The van der Waals surface area contributed by atoms with E-state index in [1.165, 1.54) is 4.90 Å². The van der Waals surface area contributed by atoms with Gasteiger partial charge in [-0.15, -0.1) is 0 Å². The Hall–Kier alpha value is -3.28. The third kappa shape index (κ3) is 4.22. The van der Waals surface area contributed by atoms with Crippen LogP contribution in [0.2, 0.25) is 0 Å². The van der Waals surface area contributed by atoms with Crippen molar-refractivity contribution in [2.24, 2.45) is 5.73 Å². The van der Waals surface area contributed by atoms with Crippen LogP contribution in [0.5, 0.6) is 11.5 Å². The van der Waals surface area contributed by atoms with Crippen molar-refractivity contribution >= 4 is 0 Å². The molecule has 0 amide bonds. The number of aromatic nitrogens is 1. The Kier molecular flexibility index (Phi) is 6.49. The molecule has 3 heterocycles. The second-order valence-corrected chi connectivity index (χ2v) is 8.19. The van der Waals surface area contributed by atoms with Gasteiger partial charge in [-0.05, 0) is 24.6 Å². The molecule has 2 aliphatic rings. The summed E-state index contributed by atoms with van der Waals surface area (Å²) in [6.07, 6.45) is 0.878. The third-order valence-electron chi connectivity index (χ3n) is 6.23. The van der Waals surface area contributed by atoms with E-state index in [0.29, 0.717) is 23.6 Å². The van der Waals surface area contributed by atoms with Crippen LogP contribution in [-0.4, -0.2) is 44.5 Å². The first-order valence-corrected chi connectivity index (χ1v) is 10.9. The van der Waals surface area contributed by atoms with Crippen LogP contribution in [0.4, 0.5) is 0 Å². The van der Waals surface area contributed by atoms with Crippen LogP contribution in [0.1, 0.15) is 29.2 Å². The van der Waals surface area contributed by atoms with Crippen molar-refractivity contribution in [2.45, 2.75) is 25.8 Å². The van der Waals surface area contributed by atoms with E-state index in [0.717, 1.165) is 50.5 Å². The number of fused-ring (bicyclic) bond motifs is 1. The van der Waals surface area contributed by atoms with Crippen molar-refractivity contribution in [3.63, 3.8) is 0 Å². The number of nitrogens with two attached hydrogens (primary N) is 1. The fourth-order valence-corrected chi connectivity index (χ4v) is 4.52. The van der Waals surface area contributed by atoms with Gasteiger partial charge in [-0.1, -0.05) is 12.1 Å². The SMILES string of the molecule is COc1cccc([C@H]2C(C#N)=C(N)Oc3cc(C)n(CCC[NH+]4CCOCC4)c(=O)c32)c1. The summed E-state index contributed by atoms with van der Waals surface area (Å²) in [7, 11) is 1.58. The zero-order valence-corrected chi connectivity index (χ0v) is 18.5. The van der Waals surface area contributed by atoms with Gasteiger partial charge in [-0.3, -0.25) is 4.79 Å². The Morgan fingerprint density at radius 3 is 2.81 bits per heavy atom. The normalized spacial score (nSPS) is 18.6. The molecular weight excluding hydrogens is 408 g/mol. The summed E-state index contributed by atoms with van der Waals surface area (Å²) < 4.78 is 18.3. The highest BCUT2D eigenvalue weighted by Crippen LogP contribution is 2.41. The number of rotatable bonds is 6. The number of allylic oxidation sites excluding steroid dienone is 1. The lowest BCUT2D eigenvalue weighted by atomic mass is 9.84. The van der Waals surface area contributed by atoms with Crippen LogP contribution in [0.15, 0.2) is 46.6 Å². The molecule has 8 nitrogen and oxygen atoms in total. The predicted octanol–water partition coefficient (Wildman–Crippen LogP) is 0.689. The summed E-state index contributed by atoms with van der Waals surface area (Å²) in [5, 5.41) is 9.82. The lowest BCUT2D eigenvalue weighted by molar-refractivity contribution is -0.908. The molecule has 0 saturated carbocycles. The number of ether oxygens (including phenoxy) is 3. The molecule has 0 aliphatic carbocycles. The van der Waals surface area contributed by atoms with Crippen molar-refractivity contribution in [1.29, 1.82) is 5.26 Å². The molecule has 1 saturated heterocycles. The maximum atomic E-state index is 13.7. The summed E-state index contributed by atoms with van der Waals surface area (Å²) in [6.45, 7) is 7.06. The minimum absolute atomic E-state index is 0.0280. The number of aryl methyl sites for hydroxylation is 1. The third-order valence-corrected chi connectivity index (χ3v) is 6.23. The molecule has 0 spiro atoms. The lowest BCUT2D eigenvalue weighted by Gasteiger charge is -2.28. The van der Waals surface area contributed by atoms with Crippen molar-refractivity contribution in [3.8, 4) is 17.6 Å². The Morgan fingerprint density at radius 1 is 1.31 bits per heavy atom. The highest BCUT2D eigenvalue weighted by Gasteiger charge is 2.34. The van der Waals surface area contributed by atoms with Crippen LogP contribution in [0.25, 0.3) is 0 Å². The second kappa shape index (κ2) is 9.47. The number of hydrogen-bond acceptors (Lipinski definition) is 6. The Morgan fingerprint density at radius 2 is 2.09 bits per heavy atom. The van der Waals surface area contributed by atoms with E-state index in [4.69, 9.17) is 19.9 Å². The van der Waals surface area contributed by atoms with E-state index in [9.17, 15) is 10.1 Å². The molecule has 1 fully saturated rings. The largest absolute Gasteiger partial charge is 0.497 e. The van der Waals surface area contributed by atoms with Gasteiger partial charge in [0.1, 0.15) is 36.2 Å². The molecule has 8 heteroatoms. The van der Waals surface area contributed by atoms with Crippen LogP contribution < -0.4 is 25.7 Å². The fourth-order valence-electron chi connectivity index (χ4n) is 4.52. The van der Waals surface area contributed by atoms with Gasteiger partial charge < -0.3 is 29.4 Å². The Balaban J connectivity index is 1.71.